The lowest BCUT2D eigenvalue weighted by atomic mass is 9.88. The fourth-order valence-electron chi connectivity index (χ4n) is 4.52. The molecule has 0 amide bonds. The van der Waals surface area contributed by atoms with E-state index in [9.17, 15) is 17.6 Å². The van der Waals surface area contributed by atoms with E-state index in [1.807, 2.05) is 0 Å². The van der Waals surface area contributed by atoms with Crippen LogP contribution in [0.25, 0.3) is 0 Å². The Bertz CT molecular complexity index is 1460. The third-order valence-electron chi connectivity index (χ3n) is 6.71. The molecule has 2 aromatic heterocycles. The van der Waals surface area contributed by atoms with Gasteiger partial charge in [0.2, 0.25) is 0 Å². The topological polar surface area (TPSA) is 92.4 Å². The van der Waals surface area contributed by atoms with Gasteiger partial charge in [-0.25, -0.2) is 14.7 Å². The highest BCUT2D eigenvalue weighted by Crippen LogP contribution is 2.51. The predicted octanol–water partition coefficient (Wildman–Crippen LogP) is 9.14. The first-order valence-corrected chi connectivity index (χ1v) is 14.2. The molecule has 0 radical (unpaired) electrons. The minimum atomic E-state index is -6.10. The summed E-state index contributed by atoms with van der Waals surface area (Å²) in [7, 11) is 0. The van der Waals surface area contributed by atoms with Crippen LogP contribution in [-0.4, -0.2) is 54.4 Å². The summed E-state index contributed by atoms with van der Waals surface area (Å²) in [5.41, 5.74) is -0.263. The molecule has 7 nitrogen and oxygen atoms in total. The standard InChI is InChI=1S/C26H20Cl4F8N6O/c27-15-1-3-17(19(29)7-15)13(5-21-39-11-41-43-21)9-23(31,32)25(35,36)45-26(37,38)24(33,34)10-14(6-22-40-12-42-44-22)18-4-2-16(28)8-20(18)30/h1-4,7-8,11-14H,5-6,9-10H2,(H,39,41,43)(H,40,42,44). The second-order valence-electron chi connectivity index (χ2n) is 9.92. The molecule has 2 atom stereocenters. The van der Waals surface area contributed by atoms with Crippen molar-refractivity contribution >= 4 is 46.4 Å². The van der Waals surface area contributed by atoms with Crippen LogP contribution in [0.15, 0.2) is 49.1 Å². The maximum atomic E-state index is 15.1. The highest BCUT2D eigenvalue weighted by atomic mass is 35.5. The Morgan fingerprint density at radius 1 is 0.622 bits per heavy atom. The van der Waals surface area contributed by atoms with Gasteiger partial charge >= 0.3 is 24.1 Å². The number of halogens is 12. The van der Waals surface area contributed by atoms with E-state index in [4.69, 9.17) is 46.4 Å². The molecule has 19 heteroatoms. The van der Waals surface area contributed by atoms with Gasteiger partial charge in [-0.05, 0) is 47.2 Å². The minimum Gasteiger partial charge on any atom is -0.266 e. The molecule has 2 aromatic carbocycles. The van der Waals surface area contributed by atoms with Gasteiger partial charge in [-0.2, -0.15) is 45.3 Å². The maximum Gasteiger partial charge on any atom is 0.424 e. The monoisotopic (exact) mass is 724 g/mol. The van der Waals surface area contributed by atoms with Crippen LogP contribution in [0.3, 0.4) is 0 Å². The Morgan fingerprint density at radius 2 is 1.00 bits per heavy atom. The van der Waals surface area contributed by atoms with Gasteiger partial charge in [0, 0.05) is 45.8 Å². The number of nitrogens with zero attached hydrogens (tertiary/aromatic N) is 4. The lowest BCUT2D eigenvalue weighted by Crippen LogP contribution is -2.54. The number of H-pyrrole nitrogens is 2. The van der Waals surface area contributed by atoms with Crippen molar-refractivity contribution in [2.45, 2.75) is 61.6 Å². The van der Waals surface area contributed by atoms with Gasteiger partial charge in [0.15, 0.2) is 11.6 Å². The number of hydrogen-bond acceptors (Lipinski definition) is 5. The first-order chi connectivity index (χ1) is 20.9. The van der Waals surface area contributed by atoms with Crippen LogP contribution in [0.4, 0.5) is 35.1 Å². The summed E-state index contributed by atoms with van der Waals surface area (Å²) in [5.74, 6) is -14.3. The van der Waals surface area contributed by atoms with E-state index in [1.165, 1.54) is 12.1 Å². The van der Waals surface area contributed by atoms with Gasteiger partial charge < -0.3 is 0 Å². The molecule has 2 heterocycles. The SMILES string of the molecule is FC(F)(CC(Cc1nc[nH]n1)c1ccc(Cl)cc1Cl)C(F)(F)OC(F)(F)C(F)(F)CC(Cc1nc[nH]n1)c1ccc(Cl)cc1Cl. The van der Waals surface area contributed by atoms with Crippen molar-refractivity contribution in [2.75, 3.05) is 0 Å². The largest absolute Gasteiger partial charge is 0.424 e. The second-order valence-corrected chi connectivity index (χ2v) is 11.6. The maximum absolute atomic E-state index is 15.1. The summed E-state index contributed by atoms with van der Waals surface area (Å²) >= 11 is 23.9. The number of ether oxygens (including phenoxy) is 1. The van der Waals surface area contributed by atoms with Crippen LogP contribution in [-0.2, 0) is 17.6 Å². The highest BCUT2D eigenvalue weighted by Gasteiger charge is 2.69. The van der Waals surface area contributed by atoms with Crippen LogP contribution < -0.4 is 0 Å². The van der Waals surface area contributed by atoms with E-state index in [-0.39, 0.29) is 42.9 Å². The molecular weight excluding hydrogens is 706 g/mol. The average molecular weight is 726 g/mol. The summed E-state index contributed by atoms with van der Waals surface area (Å²) in [5, 5.41) is 11.8. The summed E-state index contributed by atoms with van der Waals surface area (Å²) in [6.45, 7) is 0. The van der Waals surface area contributed by atoms with Crippen LogP contribution in [0, 0.1) is 0 Å². The summed E-state index contributed by atoms with van der Waals surface area (Å²) in [6, 6.07) is 7.08. The lowest BCUT2D eigenvalue weighted by Gasteiger charge is -2.35. The molecular formula is C26H20Cl4F8N6O. The van der Waals surface area contributed by atoms with Crippen molar-refractivity contribution < 1.29 is 39.9 Å². The fourth-order valence-corrected chi connectivity index (χ4v) is 5.65. The molecule has 4 rings (SSSR count). The number of aromatic nitrogens is 6. The molecule has 2 N–H and O–H groups in total. The Balaban J connectivity index is 1.59. The van der Waals surface area contributed by atoms with Gasteiger partial charge in [0.25, 0.3) is 0 Å². The van der Waals surface area contributed by atoms with Crippen LogP contribution in [0.1, 0.15) is 47.5 Å². The van der Waals surface area contributed by atoms with Crippen molar-refractivity contribution in [2.24, 2.45) is 0 Å². The van der Waals surface area contributed by atoms with Crippen molar-refractivity contribution in [1.82, 2.24) is 30.4 Å². The smallest absolute Gasteiger partial charge is 0.266 e. The average Bonchev–Trinajstić information content (AvgIpc) is 3.61. The molecule has 4 aromatic rings. The van der Waals surface area contributed by atoms with Gasteiger partial charge in [0.1, 0.15) is 12.7 Å². The molecule has 0 saturated heterocycles. The molecule has 0 aliphatic rings. The zero-order valence-corrected chi connectivity index (χ0v) is 25.4. The van der Waals surface area contributed by atoms with Gasteiger partial charge in [-0.3, -0.25) is 10.2 Å². The predicted molar refractivity (Wildman–Crippen MR) is 149 cm³/mol. The molecule has 0 fully saturated rings. The number of benzene rings is 2. The van der Waals surface area contributed by atoms with Crippen LogP contribution >= 0.6 is 46.4 Å². The normalized spacial score (nSPS) is 14.5. The molecule has 0 aliphatic carbocycles. The summed E-state index contributed by atoms with van der Waals surface area (Å²) < 4.78 is 123. The van der Waals surface area contributed by atoms with E-state index in [0.717, 1.165) is 36.9 Å². The van der Waals surface area contributed by atoms with Crippen LogP contribution in [0.5, 0.6) is 0 Å². The Kier molecular flexibility index (Phi) is 10.6. The van der Waals surface area contributed by atoms with E-state index >= 15 is 17.6 Å². The Hall–Kier alpha value is -2.72. The fraction of sp³-hybridized carbons (Fsp3) is 0.385. The van der Waals surface area contributed by atoms with E-state index in [2.05, 4.69) is 35.1 Å². The zero-order chi connectivity index (χ0) is 33.2. The van der Waals surface area contributed by atoms with E-state index in [1.54, 1.807) is 0 Å². The Morgan fingerprint density at radius 3 is 1.31 bits per heavy atom. The van der Waals surface area contributed by atoms with Crippen molar-refractivity contribution in [3.63, 3.8) is 0 Å². The van der Waals surface area contributed by atoms with Crippen molar-refractivity contribution in [3.8, 4) is 0 Å². The van der Waals surface area contributed by atoms with E-state index in [0.29, 0.717) is 0 Å². The van der Waals surface area contributed by atoms with Gasteiger partial charge in [-0.15, -0.1) is 0 Å². The van der Waals surface area contributed by atoms with Gasteiger partial charge in [-0.1, -0.05) is 58.5 Å². The number of aromatic amines is 2. The molecule has 2 unspecified atom stereocenters. The van der Waals surface area contributed by atoms with Gasteiger partial charge in [0.05, 0.1) is 0 Å². The molecule has 0 aliphatic heterocycles. The lowest BCUT2D eigenvalue weighted by molar-refractivity contribution is -0.469. The third-order valence-corrected chi connectivity index (χ3v) is 7.83. The highest BCUT2D eigenvalue weighted by molar-refractivity contribution is 6.35. The summed E-state index contributed by atoms with van der Waals surface area (Å²) in [6.07, 6.45) is -14.8. The first kappa shape index (κ1) is 35.1. The molecule has 45 heavy (non-hydrogen) atoms. The number of nitrogens with one attached hydrogen (secondary N) is 2. The Labute approximate surface area is 269 Å². The first-order valence-electron chi connectivity index (χ1n) is 12.7. The second kappa shape index (κ2) is 13.6. The third kappa shape index (κ3) is 8.36. The molecule has 0 bridgehead atoms. The number of alkyl halides is 8. The quantitative estimate of drug-likeness (QED) is 0.127. The molecule has 0 saturated carbocycles. The minimum absolute atomic E-state index is 0.0870. The van der Waals surface area contributed by atoms with Crippen molar-refractivity contribution in [1.29, 1.82) is 0 Å². The number of rotatable bonds is 14. The zero-order valence-electron chi connectivity index (χ0n) is 22.3. The number of hydrogen-bond donors (Lipinski definition) is 2. The van der Waals surface area contributed by atoms with E-state index < -0.39 is 61.6 Å². The van der Waals surface area contributed by atoms with Crippen molar-refractivity contribution in [3.05, 3.63) is 91.9 Å². The van der Waals surface area contributed by atoms with Crippen LogP contribution in [0.2, 0.25) is 20.1 Å². The summed E-state index contributed by atoms with van der Waals surface area (Å²) in [4.78, 5) is 7.51. The molecule has 244 valence electrons. The molecule has 0 spiro atoms.